The van der Waals surface area contributed by atoms with Crippen molar-refractivity contribution in [3.63, 3.8) is 0 Å². The van der Waals surface area contributed by atoms with Crippen LogP contribution in [0.5, 0.6) is 0 Å². The molecule has 1 aromatic rings. The van der Waals surface area contributed by atoms with Crippen LogP contribution in [0.15, 0.2) is 10.8 Å². The van der Waals surface area contributed by atoms with E-state index in [4.69, 9.17) is 9.84 Å². The van der Waals surface area contributed by atoms with Gasteiger partial charge >= 0.3 is 0 Å². The average Bonchev–Trinajstić information content (AvgIpc) is 2.47. The lowest BCUT2D eigenvalue weighted by Crippen LogP contribution is -2.30. The minimum Gasteiger partial charge on any atom is -0.394 e. The number of rotatable bonds is 1. The van der Waals surface area contributed by atoms with Crippen LogP contribution < -0.4 is 0 Å². The molecule has 0 fully saturated rings. The van der Waals surface area contributed by atoms with Gasteiger partial charge in [0.05, 0.1) is 25.5 Å². The van der Waals surface area contributed by atoms with Crippen molar-refractivity contribution in [3.8, 4) is 0 Å². The third-order valence-corrected chi connectivity index (χ3v) is 2.56. The molecule has 1 aliphatic heterocycles. The van der Waals surface area contributed by atoms with Crippen LogP contribution in [0.1, 0.15) is 5.82 Å². The van der Waals surface area contributed by atoms with Gasteiger partial charge in [-0.25, -0.2) is 4.98 Å². The highest BCUT2D eigenvalue weighted by Crippen LogP contribution is 2.19. The van der Waals surface area contributed by atoms with Gasteiger partial charge < -0.3 is 14.4 Å². The Morgan fingerprint density at radius 3 is 3.42 bits per heavy atom. The topological polar surface area (TPSA) is 47.3 Å². The summed E-state index contributed by atoms with van der Waals surface area (Å²) in [5.41, 5.74) is 0. The summed E-state index contributed by atoms with van der Waals surface area (Å²) in [4.78, 5) is 4.13. The second-order valence-electron chi connectivity index (χ2n) is 2.72. The summed E-state index contributed by atoms with van der Waals surface area (Å²) >= 11 is 3.37. The molecule has 1 atom stereocenters. The number of nitrogens with zero attached hydrogens (tertiary/aromatic N) is 2. The lowest BCUT2D eigenvalue weighted by molar-refractivity contribution is -0.0298. The molecule has 1 aromatic heterocycles. The third-order valence-electron chi connectivity index (χ3n) is 1.93. The Bertz CT molecular complexity index is 287. The van der Waals surface area contributed by atoms with E-state index in [2.05, 4.69) is 20.9 Å². The number of aliphatic hydroxyl groups is 1. The number of imidazole rings is 1. The molecule has 0 spiro atoms. The van der Waals surface area contributed by atoms with Crippen molar-refractivity contribution in [1.29, 1.82) is 0 Å². The highest BCUT2D eigenvalue weighted by molar-refractivity contribution is 9.10. The van der Waals surface area contributed by atoms with Crippen LogP contribution in [0.4, 0.5) is 0 Å². The van der Waals surface area contributed by atoms with Gasteiger partial charge in [-0.15, -0.1) is 0 Å². The van der Waals surface area contributed by atoms with Crippen molar-refractivity contribution in [2.24, 2.45) is 0 Å². The van der Waals surface area contributed by atoms with Gasteiger partial charge in [0.2, 0.25) is 0 Å². The highest BCUT2D eigenvalue weighted by atomic mass is 79.9. The van der Waals surface area contributed by atoms with Gasteiger partial charge in [-0.2, -0.15) is 0 Å². The van der Waals surface area contributed by atoms with Crippen LogP contribution in [0, 0.1) is 0 Å². The Morgan fingerprint density at radius 2 is 2.67 bits per heavy atom. The fourth-order valence-corrected chi connectivity index (χ4v) is 1.71. The molecule has 0 amide bonds. The van der Waals surface area contributed by atoms with Crippen LogP contribution in [0.2, 0.25) is 0 Å². The van der Waals surface area contributed by atoms with Gasteiger partial charge in [0.1, 0.15) is 17.0 Å². The molecule has 0 aliphatic carbocycles. The first-order chi connectivity index (χ1) is 5.81. The minimum absolute atomic E-state index is 0.0596. The Labute approximate surface area is 78.3 Å². The van der Waals surface area contributed by atoms with E-state index in [1.54, 1.807) is 6.20 Å². The zero-order chi connectivity index (χ0) is 8.55. The van der Waals surface area contributed by atoms with Crippen molar-refractivity contribution in [3.05, 3.63) is 16.6 Å². The summed E-state index contributed by atoms with van der Waals surface area (Å²) < 4.78 is 8.26. The second kappa shape index (κ2) is 3.16. The van der Waals surface area contributed by atoms with Crippen molar-refractivity contribution in [2.45, 2.75) is 19.3 Å². The van der Waals surface area contributed by atoms with Gasteiger partial charge in [0.15, 0.2) is 0 Å². The number of halogens is 1. The molecule has 1 unspecified atom stereocenters. The summed E-state index contributed by atoms with van der Waals surface area (Å²) in [5.74, 6) is 0.909. The van der Waals surface area contributed by atoms with Gasteiger partial charge in [0, 0.05) is 0 Å². The maximum absolute atomic E-state index is 8.87. The summed E-state index contributed by atoms with van der Waals surface area (Å²) in [6, 6.07) is 0. The normalized spacial score (nSPS) is 22.3. The Kier molecular flexibility index (Phi) is 2.16. The Hall–Kier alpha value is -0.390. The quantitative estimate of drug-likeness (QED) is 0.769. The number of aromatic nitrogens is 2. The summed E-state index contributed by atoms with van der Waals surface area (Å²) in [6.07, 6.45) is 1.65. The zero-order valence-corrected chi connectivity index (χ0v) is 7.99. The largest absolute Gasteiger partial charge is 0.394 e. The summed E-state index contributed by atoms with van der Waals surface area (Å²) in [5, 5.41) is 8.87. The van der Waals surface area contributed by atoms with E-state index in [0.29, 0.717) is 13.2 Å². The molecule has 0 saturated heterocycles. The smallest absolute Gasteiger partial charge is 0.135 e. The van der Waals surface area contributed by atoms with Crippen molar-refractivity contribution in [1.82, 2.24) is 9.55 Å². The fourth-order valence-electron chi connectivity index (χ4n) is 1.26. The average molecular weight is 233 g/mol. The van der Waals surface area contributed by atoms with E-state index in [-0.39, 0.29) is 12.7 Å². The molecule has 0 bridgehead atoms. The lowest BCUT2D eigenvalue weighted by Gasteiger charge is -2.23. The molecule has 0 aromatic carbocycles. The zero-order valence-electron chi connectivity index (χ0n) is 6.40. The second-order valence-corrected chi connectivity index (χ2v) is 3.54. The predicted molar refractivity (Wildman–Crippen MR) is 45.6 cm³/mol. The molecule has 1 N–H and O–H groups in total. The monoisotopic (exact) mass is 232 g/mol. The van der Waals surface area contributed by atoms with Crippen LogP contribution >= 0.6 is 15.9 Å². The van der Waals surface area contributed by atoms with E-state index >= 15 is 0 Å². The minimum atomic E-state index is -0.0944. The van der Waals surface area contributed by atoms with E-state index < -0.39 is 0 Å². The van der Waals surface area contributed by atoms with Gasteiger partial charge in [0.25, 0.3) is 0 Å². The van der Waals surface area contributed by atoms with Crippen molar-refractivity contribution < 1.29 is 9.84 Å². The number of aliphatic hydroxyl groups excluding tert-OH is 1. The van der Waals surface area contributed by atoms with E-state index in [1.807, 2.05) is 4.57 Å². The van der Waals surface area contributed by atoms with E-state index in [0.717, 1.165) is 10.4 Å². The van der Waals surface area contributed by atoms with E-state index in [9.17, 15) is 0 Å². The number of hydrogen-bond acceptors (Lipinski definition) is 3. The maximum atomic E-state index is 8.87. The van der Waals surface area contributed by atoms with Crippen molar-refractivity contribution in [2.75, 3.05) is 6.61 Å². The number of ether oxygens (including phenoxy) is 1. The summed E-state index contributed by atoms with van der Waals surface area (Å²) in [6.45, 7) is 1.22. The molecule has 2 heterocycles. The highest BCUT2D eigenvalue weighted by Gasteiger charge is 2.20. The van der Waals surface area contributed by atoms with Crippen LogP contribution in [0.25, 0.3) is 0 Å². The molecule has 2 rings (SSSR count). The molecule has 5 heteroatoms. The predicted octanol–water partition coefficient (Wildman–Crippen LogP) is 0.537. The molecular weight excluding hydrogens is 224 g/mol. The van der Waals surface area contributed by atoms with Gasteiger partial charge in [-0.3, -0.25) is 0 Å². The van der Waals surface area contributed by atoms with E-state index in [1.165, 1.54) is 0 Å². The molecule has 12 heavy (non-hydrogen) atoms. The molecule has 66 valence electrons. The Morgan fingerprint density at radius 1 is 1.83 bits per heavy atom. The molecular formula is C7H9BrN2O2. The first-order valence-corrected chi connectivity index (χ1v) is 4.53. The number of fused-ring (bicyclic) bond motifs is 1. The molecule has 0 saturated carbocycles. The SMILES string of the molecule is OCC1Cn2c(Br)cnc2CO1. The standard InChI is InChI=1S/C7H9BrN2O2/c8-6-1-9-7-4-12-5(3-11)2-10(6)7/h1,5,11H,2-4H2. The molecule has 1 aliphatic rings. The first-order valence-electron chi connectivity index (χ1n) is 3.73. The number of hydrogen-bond donors (Lipinski definition) is 1. The Balaban J connectivity index is 2.26. The fraction of sp³-hybridized carbons (Fsp3) is 0.571. The third kappa shape index (κ3) is 1.28. The first kappa shape index (κ1) is 8.22. The van der Waals surface area contributed by atoms with Crippen LogP contribution in [-0.4, -0.2) is 27.4 Å². The summed E-state index contributed by atoms with van der Waals surface area (Å²) in [7, 11) is 0. The van der Waals surface area contributed by atoms with Gasteiger partial charge in [-0.05, 0) is 15.9 Å². The molecule has 0 radical (unpaired) electrons. The molecule has 4 nitrogen and oxygen atoms in total. The van der Waals surface area contributed by atoms with Crippen LogP contribution in [-0.2, 0) is 17.9 Å². The lowest BCUT2D eigenvalue weighted by atomic mass is 10.3. The van der Waals surface area contributed by atoms with Gasteiger partial charge in [-0.1, -0.05) is 0 Å². The van der Waals surface area contributed by atoms with Crippen molar-refractivity contribution >= 4 is 15.9 Å². The van der Waals surface area contributed by atoms with Crippen LogP contribution in [0.3, 0.4) is 0 Å². The maximum Gasteiger partial charge on any atom is 0.135 e.